The Morgan fingerprint density at radius 2 is 1.56 bits per heavy atom. The molecule has 0 unspecified atom stereocenters. The van der Waals surface area contributed by atoms with Gasteiger partial charge in [0.2, 0.25) is 0 Å². The first-order valence-electron chi connectivity index (χ1n) is 10.7. The van der Waals surface area contributed by atoms with Crippen molar-refractivity contribution >= 4 is 16.9 Å². The van der Waals surface area contributed by atoms with Crippen molar-refractivity contribution in [2.45, 2.75) is 13.5 Å². The van der Waals surface area contributed by atoms with Gasteiger partial charge >= 0.3 is 0 Å². The molecular formula is C27H25NO6. The van der Waals surface area contributed by atoms with Crippen LogP contribution in [0.2, 0.25) is 0 Å². The molecule has 0 fully saturated rings. The molecule has 0 spiro atoms. The molecule has 1 heterocycles. The number of para-hydroxylation sites is 1. The van der Waals surface area contributed by atoms with E-state index in [0.29, 0.717) is 39.5 Å². The lowest BCUT2D eigenvalue weighted by atomic mass is 10.0. The highest BCUT2D eigenvalue weighted by Gasteiger charge is 2.19. The monoisotopic (exact) mass is 459 g/mol. The quantitative estimate of drug-likeness (QED) is 0.430. The Balaban J connectivity index is 1.71. The van der Waals surface area contributed by atoms with Crippen molar-refractivity contribution < 1.29 is 23.4 Å². The van der Waals surface area contributed by atoms with Crippen LogP contribution < -0.4 is 25.0 Å². The van der Waals surface area contributed by atoms with Gasteiger partial charge in [-0.3, -0.25) is 9.59 Å². The summed E-state index contributed by atoms with van der Waals surface area (Å²) in [5, 5.41) is 3.24. The summed E-state index contributed by atoms with van der Waals surface area (Å²) in [6, 6.07) is 17.8. The third-order valence-corrected chi connectivity index (χ3v) is 5.65. The van der Waals surface area contributed by atoms with Gasteiger partial charge in [0.25, 0.3) is 5.91 Å². The van der Waals surface area contributed by atoms with Crippen molar-refractivity contribution in [3.8, 4) is 28.6 Å². The first-order chi connectivity index (χ1) is 16.5. The lowest BCUT2D eigenvalue weighted by Gasteiger charge is -2.15. The molecule has 1 aromatic heterocycles. The lowest BCUT2D eigenvalue weighted by Crippen LogP contribution is -2.24. The van der Waals surface area contributed by atoms with E-state index in [4.69, 9.17) is 18.6 Å². The van der Waals surface area contributed by atoms with E-state index in [-0.39, 0.29) is 29.0 Å². The van der Waals surface area contributed by atoms with Gasteiger partial charge in [0.05, 0.1) is 32.3 Å². The lowest BCUT2D eigenvalue weighted by molar-refractivity contribution is 0.0951. The molecule has 0 aliphatic carbocycles. The number of amides is 1. The summed E-state index contributed by atoms with van der Waals surface area (Å²) in [6.07, 6.45) is 0. The number of benzene rings is 3. The van der Waals surface area contributed by atoms with Crippen molar-refractivity contribution in [3.63, 3.8) is 0 Å². The van der Waals surface area contributed by atoms with Crippen LogP contribution in [0.3, 0.4) is 0 Å². The van der Waals surface area contributed by atoms with E-state index in [2.05, 4.69) is 5.32 Å². The Bertz CT molecular complexity index is 1410. The summed E-state index contributed by atoms with van der Waals surface area (Å²) in [4.78, 5) is 26.2. The minimum Gasteiger partial charge on any atom is -0.496 e. The minimum atomic E-state index is -0.381. The first kappa shape index (κ1) is 22.9. The number of rotatable bonds is 7. The zero-order chi connectivity index (χ0) is 24.2. The average Bonchev–Trinajstić information content (AvgIpc) is 2.88. The van der Waals surface area contributed by atoms with Gasteiger partial charge in [0, 0.05) is 29.3 Å². The highest BCUT2D eigenvalue weighted by molar-refractivity contribution is 6.05. The van der Waals surface area contributed by atoms with E-state index in [1.54, 1.807) is 51.5 Å². The van der Waals surface area contributed by atoms with Crippen LogP contribution in [-0.4, -0.2) is 27.2 Å². The first-order valence-corrected chi connectivity index (χ1v) is 10.7. The molecule has 7 nitrogen and oxygen atoms in total. The predicted octanol–water partition coefficient (Wildman–Crippen LogP) is 4.72. The molecule has 0 radical (unpaired) electrons. The molecular weight excluding hydrogens is 434 g/mol. The minimum absolute atomic E-state index is 0.167. The van der Waals surface area contributed by atoms with Crippen molar-refractivity contribution in [3.05, 3.63) is 87.6 Å². The zero-order valence-corrected chi connectivity index (χ0v) is 19.4. The maximum absolute atomic E-state index is 13.2. The summed E-state index contributed by atoms with van der Waals surface area (Å²) in [7, 11) is 4.62. The zero-order valence-electron chi connectivity index (χ0n) is 19.4. The molecule has 0 aliphatic heterocycles. The molecule has 4 rings (SSSR count). The number of fused-ring (bicyclic) bond motifs is 1. The Hall–Kier alpha value is -4.26. The molecule has 0 saturated carbocycles. The van der Waals surface area contributed by atoms with Gasteiger partial charge in [-0.05, 0) is 25.1 Å². The van der Waals surface area contributed by atoms with Gasteiger partial charge in [0.15, 0.2) is 22.5 Å². The van der Waals surface area contributed by atoms with Crippen molar-refractivity contribution in [2.24, 2.45) is 0 Å². The van der Waals surface area contributed by atoms with Gasteiger partial charge in [0.1, 0.15) is 11.5 Å². The van der Waals surface area contributed by atoms with Crippen LogP contribution in [0.1, 0.15) is 21.5 Å². The van der Waals surface area contributed by atoms with Crippen LogP contribution in [0.4, 0.5) is 0 Å². The highest BCUT2D eigenvalue weighted by atomic mass is 16.5. The third kappa shape index (κ3) is 4.20. The Morgan fingerprint density at radius 1 is 0.882 bits per heavy atom. The van der Waals surface area contributed by atoms with Crippen LogP contribution in [0.5, 0.6) is 17.2 Å². The number of hydrogen-bond donors (Lipinski definition) is 1. The van der Waals surface area contributed by atoms with Gasteiger partial charge in [-0.25, -0.2) is 0 Å². The molecule has 4 aromatic rings. The largest absolute Gasteiger partial charge is 0.496 e. The van der Waals surface area contributed by atoms with Crippen molar-refractivity contribution in [1.29, 1.82) is 0 Å². The van der Waals surface area contributed by atoms with Crippen molar-refractivity contribution in [1.82, 2.24) is 5.32 Å². The normalized spacial score (nSPS) is 10.7. The van der Waals surface area contributed by atoms with E-state index in [9.17, 15) is 9.59 Å². The summed E-state index contributed by atoms with van der Waals surface area (Å²) in [6.45, 7) is 1.89. The fourth-order valence-corrected chi connectivity index (χ4v) is 3.85. The van der Waals surface area contributed by atoms with Crippen LogP contribution in [0.25, 0.3) is 22.3 Å². The van der Waals surface area contributed by atoms with Gasteiger partial charge in [-0.2, -0.15) is 0 Å². The SMILES string of the molecule is COc1cc(OC)c(OC)cc1CNC(=O)c1cccc2c(=O)c(C)c(-c3ccccc3)oc12. The van der Waals surface area contributed by atoms with Crippen LogP contribution >= 0.6 is 0 Å². The molecule has 0 atom stereocenters. The van der Waals surface area contributed by atoms with Gasteiger partial charge < -0.3 is 23.9 Å². The summed E-state index contributed by atoms with van der Waals surface area (Å²) < 4.78 is 22.3. The predicted molar refractivity (Wildman–Crippen MR) is 130 cm³/mol. The molecule has 0 saturated heterocycles. The molecule has 1 N–H and O–H groups in total. The topological polar surface area (TPSA) is 87.0 Å². The number of methoxy groups -OCH3 is 3. The van der Waals surface area contributed by atoms with Crippen LogP contribution in [0, 0.1) is 6.92 Å². The van der Waals surface area contributed by atoms with E-state index in [0.717, 1.165) is 5.56 Å². The van der Waals surface area contributed by atoms with Crippen molar-refractivity contribution in [2.75, 3.05) is 21.3 Å². The number of nitrogens with one attached hydrogen (secondary N) is 1. The number of ether oxygens (including phenoxy) is 3. The second-order valence-corrected chi connectivity index (χ2v) is 7.64. The van der Waals surface area contributed by atoms with Crippen LogP contribution in [-0.2, 0) is 6.54 Å². The fourth-order valence-electron chi connectivity index (χ4n) is 3.85. The second-order valence-electron chi connectivity index (χ2n) is 7.64. The molecule has 3 aromatic carbocycles. The Labute approximate surface area is 196 Å². The number of carbonyl (C=O) groups is 1. The Kier molecular flexibility index (Phi) is 6.54. The fraction of sp³-hybridized carbons (Fsp3) is 0.185. The maximum Gasteiger partial charge on any atom is 0.255 e. The number of carbonyl (C=O) groups excluding carboxylic acids is 1. The van der Waals surface area contributed by atoms with E-state index >= 15 is 0 Å². The van der Waals surface area contributed by atoms with E-state index in [1.807, 2.05) is 30.3 Å². The third-order valence-electron chi connectivity index (χ3n) is 5.65. The molecule has 0 aliphatic rings. The molecule has 34 heavy (non-hydrogen) atoms. The van der Waals surface area contributed by atoms with Gasteiger partial charge in [-0.15, -0.1) is 0 Å². The summed E-state index contributed by atoms with van der Waals surface area (Å²) in [5.41, 5.74) is 2.31. The average molecular weight is 459 g/mol. The smallest absolute Gasteiger partial charge is 0.255 e. The van der Waals surface area contributed by atoms with E-state index in [1.165, 1.54) is 7.11 Å². The maximum atomic E-state index is 13.2. The molecule has 0 bridgehead atoms. The van der Waals surface area contributed by atoms with Crippen LogP contribution in [0.15, 0.2) is 69.9 Å². The molecule has 7 heteroatoms. The van der Waals surface area contributed by atoms with Gasteiger partial charge in [-0.1, -0.05) is 36.4 Å². The van der Waals surface area contributed by atoms with E-state index < -0.39 is 0 Å². The molecule has 1 amide bonds. The number of hydrogen-bond acceptors (Lipinski definition) is 6. The standard InChI is InChI=1S/C27H25NO6/c1-16-24(29)19-11-8-12-20(26(19)34-25(16)17-9-6-5-7-10-17)27(30)28-15-18-13-22(32-3)23(33-4)14-21(18)31-2/h5-14H,15H2,1-4H3,(H,28,30). The summed E-state index contributed by atoms with van der Waals surface area (Å²) in [5.74, 6) is 1.65. The molecule has 174 valence electrons. The summed E-state index contributed by atoms with van der Waals surface area (Å²) >= 11 is 0. The highest BCUT2D eigenvalue weighted by Crippen LogP contribution is 2.34. The second kappa shape index (κ2) is 9.70. The Morgan fingerprint density at radius 3 is 2.24 bits per heavy atom.